The van der Waals surface area contributed by atoms with Gasteiger partial charge >= 0.3 is 0 Å². The zero-order chi connectivity index (χ0) is 12.3. The van der Waals surface area contributed by atoms with Gasteiger partial charge in [0, 0.05) is 12.7 Å². The third-order valence-corrected chi connectivity index (χ3v) is 2.26. The Kier molecular flexibility index (Phi) is 3.70. The predicted molar refractivity (Wildman–Crippen MR) is 65.5 cm³/mol. The van der Waals surface area contributed by atoms with Gasteiger partial charge in [0.1, 0.15) is 17.5 Å². The number of ether oxygens (including phenoxy) is 1. The monoisotopic (exact) mass is 224 g/mol. The molecule has 0 fully saturated rings. The van der Waals surface area contributed by atoms with E-state index in [2.05, 4.69) is 15.3 Å². The highest BCUT2D eigenvalue weighted by Crippen LogP contribution is 2.20. The van der Waals surface area contributed by atoms with Crippen LogP contribution >= 0.6 is 0 Å². The van der Waals surface area contributed by atoms with Gasteiger partial charge in [-0.1, -0.05) is 0 Å². The molecule has 1 rings (SSSR count). The quantitative estimate of drug-likeness (QED) is 0.811. The molecule has 5 nitrogen and oxygen atoms in total. The van der Waals surface area contributed by atoms with Crippen LogP contribution in [0.2, 0.25) is 0 Å². The maximum absolute atomic E-state index is 5.79. The van der Waals surface area contributed by atoms with Crippen LogP contribution < -0.4 is 11.1 Å². The van der Waals surface area contributed by atoms with Crippen LogP contribution in [0, 0.1) is 13.8 Å². The van der Waals surface area contributed by atoms with Gasteiger partial charge in [-0.15, -0.1) is 0 Å². The molecule has 1 aromatic rings. The normalized spacial score (nSPS) is 11.6. The highest BCUT2D eigenvalue weighted by Gasteiger charge is 2.19. The van der Waals surface area contributed by atoms with Gasteiger partial charge in [-0.3, -0.25) is 0 Å². The van der Waals surface area contributed by atoms with Crippen LogP contribution in [-0.4, -0.2) is 29.2 Å². The lowest BCUT2D eigenvalue weighted by molar-refractivity contribution is 0.158. The zero-order valence-electron chi connectivity index (χ0n) is 10.6. The molecular weight excluding hydrogens is 204 g/mol. The first kappa shape index (κ1) is 12.7. The third-order valence-electron chi connectivity index (χ3n) is 2.26. The topological polar surface area (TPSA) is 73.1 Å². The second kappa shape index (κ2) is 4.65. The molecular formula is C11H20N4O. The van der Waals surface area contributed by atoms with Crippen LogP contribution in [0.1, 0.15) is 25.2 Å². The van der Waals surface area contributed by atoms with E-state index in [1.165, 1.54) is 0 Å². The van der Waals surface area contributed by atoms with Crippen LogP contribution in [0.4, 0.5) is 11.6 Å². The fourth-order valence-corrected chi connectivity index (χ4v) is 1.49. The lowest BCUT2D eigenvalue weighted by atomic mass is 10.1. The highest BCUT2D eigenvalue weighted by molar-refractivity contribution is 5.55. The summed E-state index contributed by atoms with van der Waals surface area (Å²) in [4.78, 5) is 8.45. The van der Waals surface area contributed by atoms with E-state index in [1.54, 1.807) is 7.11 Å². The number of nitrogens with one attached hydrogen (secondary N) is 1. The van der Waals surface area contributed by atoms with Crippen molar-refractivity contribution in [1.29, 1.82) is 0 Å². The van der Waals surface area contributed by atoms with E-state index in [9.17, 15) is 0 Å². The summed E-state index contributed by atoms with van der Waals surface area (Å²) >= 11 is 0. The molecule has 0 unspecified atom stereocenters. The summed E-state index contributed by atoms with van der Waals surface area (Å²) in [5.41, 5.74) is 6.47. The fourth-order valence-electron chi connectivity index (χ4n) is 1.49. The van der Waals surface area contributed by atoms with Crippen molar-refractivity contribution in [3.63, 3.8) is 0 Å². The molecule has 90 valence electrons. The van der Waals surface area contributed by atoms with Gasteiger partial charge in [0.2, 0.25) is 0 Å². The average molecular weight is 224 g/mol. The molecule has 3 N–H and O–H groups in total. The molecule has 0 atom stereocenters. The Morgan fingerprint density at radius 1 is 1.31 bits per heavy atom. The maximum atomic E-state index is 5.79. The van der Waals surface area contributed by atoms with Crippen LogP contribution in [-0.2, 0) is 4.74 Å². The van der Waals surface area contributed by atoms with E-state index in [4.69, 9.17) is 10.5 Å². The van der Waals surface area contributed by atoms with E-state index < -0.39 is 0 Å². The molecule has 0 aliphatic carbocycles. The van der Waals surface area contributed by atoms with Gasteiger partial charge < -0.3 is 15.8 Å². The summed E-state index contributed by atoms with van der Waals surface area (Å²) in [5, 5.41) is 3.31. The molecule has 0 bridgehead atoms. The summed E-state index contributed by atoms with van der Waals surface area (Å²) in [6.45, 7) is 8.41. The lowest BCUT2D eigenvalue weighted by Crippen LogP contribution is -2.36. The standard InChI is InChI=1S/C11H20N4O/c1-7-9(12)13-8(2)14-10(7)15-11(3,4)6-16-5/h6H2,1-5H3,(H3,12,13,14,15). The number of nitrogens with two attached hydrogens (primary N) is 1. The van der Waals surface area contributed by atoms with Gasteiger partial charge in [-0.25, -0.2) is 9.97 Å². The number of methoxy groups -OCH3 is 1. The molecule has 5 heteroatoms. The molecule has 0 aliphatic heterocycles. The van der Waals surface area contributed by atoms with E-state index in [0.29, 0.717) is 18.2 Å². The van der Waals surface area contributed by atoms with Crippen molar-refractivity contribution in [2.24, 2.45) is 0 Å². The molecule has 16 heavy (non-hydrogen) atoms. The number of aromatic nitrogens is 2. The van der Waals surface area contributed by atoms with E-state index in [1.807, 2.05) is 27.7 Å². The third kappa shape index (κ3) is 3.06. The van der Waals surface area contributed by atoms with E-state index >= 15 is 0 Å². The highest BCUT2D eigenvalue weighted by atomic mass is 16.5. The van der Waals surface area contributed by atoms with Gasteiger partial charge in [0.05, 0.1) is 12.1 Å². The van der Waals surface area contributed by atoms with Crippen molar-refractivity contribution in [2.75, 3.05) is 24.8 Å². The number of hydrogen-bond acceptors (Lipinski definition) is 5. The van der Waals surface area contributed by atoms with Gasteiger partial charge in [0.25, 0.3) is 0 Å². The SMILES string of the molecule is COCC(C)(C)Nc1nc(C)nc(N)c1C. The van der Waals surface area contributed by atoms with Gasteiger partial charge in [-0.05, 0) is 27.7 Å². The zero-order valence-corrected chi connectivity index (χ0v) is 10.6. The number of nitrogen functional groups attached to an aromatic ring is 1. The minimum Gasteiger partial charge on any atom is -0.383 e. The first-order valence-corrected chi connectivity index (χ1v) is 5.23. The Labute approximate surface area is 96.4 Å². The first-order chi connectivity index (χ1) is 7.35. The van der Waals surface area contributed by atoms with Crippen molar-refractivity contribution < 1.29 is 4.74 Å². The van der Waals surface area contributed by atoms with Crippen molar-refractivity contribution in [3.8, 4) is 0 Å². The number of aryl methyl sites for hydroxylation is 1. The van der Waals surface area contributed by atoms with Crippen LogP contribution in [0.3, 0.4) is 0 Å². The summed E-state index contributed by atoms with van der Waals surface area (Å²) < 4.78 is 5.14. The molecule has 0 saturated heterocycles. The number of rotatable bonds is 4. The lowest BCUT2D eigenvalue weighted by Gasteiger charge is -2.27. The Hall–Kier alpha value is -1.36. The molecule has 0 radical (unpaired) electrons. The summed E-state index contributed by atoms with van der Waals surface area (Å²) in [7, 11) is 1.68. The first-order valence-electron chi connectivity index (χ1n) is 5.23. The molecule has 0 spiro atoms. The summed E-state index contributed by atoms with van der Waals surface area (Å²) in [6.07, 6.45) is 0. The smallest absolute Gasteiger partial charge is 0.135 e. The average Bonchev–Trinajstić information content (AvgIpc) is 2.12. The van der Waals surface area contributed by atoms with Crippen LogP contribution in [0.5, 0.6) is 0 Å². The van der Waals surface area contributed by atoms with Crippen LogP contribution in [0.25, 0.3) is 0 Å². The fraction of sp³-hybridized carbons (Fsp3) is 0.636. The van der Waals surface area contributed by atoms with Crippen LogP contribution in [0.15, 0.2) is 0 Å². The van der Waals surface area contributed by atoms with Crippen molar-refractivity contribution >= 4 is 11.6 Å². The molecule has 1 aromatic heterocycles. The van der Waals surface area contributed by atoms with E-state index in [-0.39, 0.29) is 5.54 Å². The summed E-state index contributed by atoms with van der Waals surface area (Å²) in [6, 6.07) is 0. The number of anilines is 2. The maximum Gasteiger partial charge on any atom is 0.135 e. The molecule has 0 amide bonds. The van der Waals surface area contributed by atoms with Gasteiger partial charge in [-0.2, -0.15) is 0 Å². The second-order valence-electron chi connectivity index (χ2n) is 4.57. The Balaban J connectivity index is 2.97. The molecule has 0 saturated carbocycles. The minimum atomic E-state index is -0.188. The number of hydrogen-bond donors (Lipinski definition) is 2. The largest absolute Gasteiger partial charge is 0.383 e. The van der Waals surface area contributed by atoms with Crippen molar-refractivity contribution in [1.82, 2.24) is 9.97 Å². The minimum absolute atomic E-state index is 0.188. The van der Waals surface area contributed by atoms with Gasteiger partial charge in [0.15, 0.2) is 0 Å². The number of nitrogens with zero attached hydrogens (tertiary/aromatic N) is 2. The summed E-state index contributed by atoms with van der Waals surface area (Å²) in [5.74, 6) is 1.95. The Morgan fingerprint density at radius 2 is 1.94 bits per heavy atom. The second-order valence-corrected chi connectivity index (χ2v) is 4.57. The Bertz CT molecular complexity index is 376. The molecule has 0 aliphatic rings. The van der Waals surface area contributed by atoms with E-state index in [0.717, 1.165) is 11.4 Å². The molecule has 0 aromatic carbocycles. The Morgan fingerprint density at radius 3 is 2.50 bits per heavy atom. The predicted octanol–water partition coefficient (Wildman–Crippen LogP) is 1.51. The van der Waals surface area contributed by atoms with Crippen molar-refractivity contribution in [2.45, 2.75) is 33.2 Å². The van der Waals surface area contributed by atoms with Crippen molar-refractivity contribution in [3.05, 3.63) is 11.4 Å². The molecule has 1 heterocycles.